The summed E-state index contributed by atoms with van der Waals surface area (Å²) in [6.07, 6.45) is 0. The van der Waals surface area contributed by atoms with Gasteiger partial charge in [0, 0.05) is 13.1 Å². The third-order valence-corrected chi connectivity index (χ3v) is 1.85. The first-order valence-corrected chi connectivity index (χ1v) is 5.43. The number of nitrogens with zero attached hydrogens (tertiary/aromatic N) is 1. The molecule has 0 saturated carbocycles. The van der Waals surface area contributed by atoms with Gasteiger partial charge in [0.2, 0.25) is 5.88 Å². The molecule has 1 heterocycles. The minimum atomic E-state index is -0.121. The first-order chi connectivity index (χ1) is 7.51. The predicted molar refractivity (Wildman–Crippen MR) is 65.0 cm³/mol. The zero-order valence-corrected chi connectivity index (χ0v) is 10.4. The van der Waals surface area contributed by atoms with E-state index in [9.17, 15) is 0 Å². The Balaban J connectivity index is 2.32. The lowest BCUT2D eigenvalue weighted by Crippen LogP contribution is -2.22. The lowest BCUT2D eigenvalue weighted by atomic mass is 10.2. The molecule has 0 atom stereocenters. The Hall–Kier alpha value is -1.29. The van der Waals surface area contributed by atoms with Crippen LogP contribution in [-0.2, 0) is 4.74 Å². The minimum Gasteiger partial charge on any atom is -0.475 e. The predicted octanol–water partition coefficient (Wildman–Crippen LogP) is 2.32. The van der Waals surface area contributed by atoms with Crippen molar-refractivity contribution >= 4 is 5.82 Å². The monoisotopic (exact) mass is 224 g/mol. The van der Waals surface area contributed by atoms with Gasteiger partial charge in [-0.1, -0.05) is 6.07 Å². The Morgan fingerprint density at radius 3 is 2.62 bits per heavy atom. The van der Waals surface area contributed by atoms with Gasteiger partial charge >= 0.3 is 0 Å². The van der Waals surface area contributed by atoms with Gasteiger partial charge in [0.1, 0.15) is 12.4 Å². The molecule has 1 N–H and O–H groups in total. The normalized spacial score (nSPS) is 11.2. The van der Waals surface area contributed by atoms with E-state index in [4.69, 9.17) is 9.47 Å². The van der Waals surface area contributed by atoms with Crippen LogP contribution in [0.15, 0.2) is 18.2 Å². The highest BCUT2D eigenvalue weighted by atomic mass is 16.5. The number of aromatic nitrogens is 1. The zero-order valence-electron chi connectivity index (χ0n) is 10.4. The quantitative estimate of drug-likeness (QED) is 0.779. The molecule has 0 fully saturated rings. The number of ether oxygens (including phenoxy) is 2. The number of rotatable bonds is 5. The molecule has 0 aromatic carbocycles. The van der Waals surface area contributed by atoms with E-state index in [1.807, 2.05) is 46.0 Å². The summed E-state index contributed by atoms with van der Waals surface area (Å²) in [5.41, 5.74) is -0.121. The van der Waals surface area contributed by atoms with Crippen LogP contribution in [0.25, 0.3) is 0 Å². The van der Waals surface area contributed by atoms with Crippen molar-refractivity contribution in [2.75, 3.05) is 25.6 Å². The molecule has 90 valence electrons. The van der Waals surface area contributed by atoms with Crippen LogP contribution in [0.5, 0.6) is 5.88 Å². The van der Waals surface area contributed by atoms with Gasteiger partial charge in [0.15, 0.2) is 0 Å². The Labute approximate surface area is 97.0 Å². The summed E-state index contributed by atoms with van der Waals surface area (Å²) < 4.78 is 11.0. The van der Waals surface area contributed by atoms with Gasteiger partial charge in [0.05, 0.1) is 12.2 Å². The van der Waals surface area contributed by atoms with E-state index in [1.54, 1.807) is 0 Å². The Bertz CT molecular complexity index is 321. The van der Waals surface area contributed by atoms with Crippen LogP contribution >= 0.6 is 0 Å². The van der Waals surface area contributed by atoms with Crippen molar-refractivity contribution in [1.29, 1.82) is 0 Å². The number of pyridine rings is 1. The summed E-state index contributed by atoms with van der Waals surface area (Å²) in [5, 5.41) is 2.96. The standard InChI is InChI=1S/C12H20N2O2/c1-12(2,3)16-9-8-15-11-7-5-6-10(13-4)14-11/h5-7H,8-9H2,1-4H3,(H,13,14). The van der Waals surface area contributed by atoms with Gasteiger partial charge in [-0.3, -0.25) is 0 Å². The van der Waals surface area contributed by atoms with Gasteiger partial charge in [-0.05, 0) is 26.8 Å². The van der Waals surface area contributed by atoms with Crippen LogP contribution in [-0.4, -0.2) is 30.8 Å². The third-order valence-electron chi connectivity index (χ3n) is 1.85. The molecule has 1 aromatic rings. The Morgan fingerprint density at radius 2 is 2.00 bits per heavy atom. The molecule has 0 amide bonds. The fourth-order valence-electron chi connectivity index (χ4n) is 1.13. The summed E-state index contributed by atoms with van der Waals surface area (Å²) in [5.74, 6) is 1.42. The molecule has 0 spiro atoms. The first kappa shape index (κ1) is 12.8. The molecule has 0 saturated heterocycles. The lowest BCUT2D eigenvalue weighted by molar-refractivity contribution is -0.0167. The van der Waals surface area contributed by atoms with Crippen molar-refractivity contribution in [3.63, 3.8) is 0 Å². The van der Waals surface area contributed by atoms with E-state index >= 15 is 0 Å². The maximum Gasteiger partial charge on any atom is 0.215 e. The largest absolute Gasteiger partial charge is 0.475 e. The molecular formula is C12H20N2O2. The summed E-state index contributed by atoms with van der Waals surface area (Å²) in [6.45, 7) is 7.14. The van der Waals surface area contributed by atoms with Crippen LogP contribution in [0.3, 0.4) is 0 Å². The van der Waals surface area contributed by atoms with Crippen molar-refractivity contribution in [1.82, 2.24) is 4.98 Å². The van der Waals surface area contributed by atoms with Crippen LogP contribution < -0.4 is 10.1 Å². The highest BCUT2D eigenvalue weighted by Crippen LogP contribution is 2.11. The first-order valence-electron chi connectivity index (χ1n) is 5.43. The number of hydrogen-bond donors (Lipinski definition) is 1. The summed E-state index contributed by atoms with van der Waals surface area (Å²) in [7, 11) is 1.83. The number of nitrogens with one attached hydrogen (secondary N) is 1. The molecular weight excluding hydrogens is 204 g/mol. The molecule has 16 heavy (non-hydrogen) atoms. The van der Waals surface area contributed by atoms with Crippen molar-refractivity contribution in [3.8, 4) is 5.88 Å². The molecule has 0 bridgehead atoms. The highest BCUT2D eigenvalue weighted by Gasteiger charge is 2.09. The SMILES string of the molecule is CNc1cccc(OCCOC(C)(C)C)n1. The van der Waals surface area contributed by atoms with Gasteiger partial charge in [-0.2, -0.15) is 4.98 Å². The Morgan fingerprint density at radius 1 is 1.25 bits per heavy atom. The second-order valence-electron chi connectivity index (χ2n) is 4.42. The van der Waals surface area contributed by atoms with E-state index in [1.165, 1.54) is 0 Å². The molecule has 0 radical (unpaired) electrons. The van der Waals surface area contributed by atoms with Crippen LogP contribution in [0, 0.1) is 0 Å². The van der Waals surface area contributed by atoms with Gasteiger partial charge in [-0.25, -0.2) is 0 Å². The summed E-state index contributed by atoms with van der Waals surface area (Å²) in [6, 6.07) is 5.62. The topological polar surface area (TPSA) is 43.4 Å². The fraction of sp³-hybridized carbons (Fsp3) is 0.583. The van der Waals surface area contributed by atoms with Gasteiger partial charge in [0.25, 0.3) is 0 Å². The van der Waals surface area contributed by atoms with E-state index in [2.05, 4.69) is 10.3 Å². The lowest BCUT2D eigenvalue weighted by Gasteiger charge is -2.19. The van der Waals surface area contributed by atoms with Crippen molar-refractivity contribution in [2.45, 2.75) is 26.4 Å². The van der Waals surface area contributed by atoms with E-state index < -0.39 is 0 Å². The van der Waals surface area contributed by atoms with Gasteiger partial charge < -0.3 is 14.8 Å². The average molecular weight is 224 g/mol. The Kier molecular flexibility index (Phi) is 4.55. The van der Waals surface area contributed by atoms with Crippen LogP contribution in [0.2, 0.25) is 0 Å². The van der Waals surface area contributed by atoms with Gasteiger partial charge in [-0.15, -0.1) is 0 Å². The molecule has 0 unspecified atom stereocenters. The second kappa shape index (κ2) is 5.70. The molecule has 4 heteroatoms. The van der Waals surface area contributed by atoms with Crippen molar-refractivity contribution in [2.24, 2.45) is 0 Å². The fourth-order valence-corrected chi connectivity index (χ4v) is 1.13. The highest BCUT2D eigenvalue weighted by molar-refractivity contribution is 5.35. The smallest absolute Gasteiger partial charge is 0.215 e. The van der Waals surface area contributed by atoms with E-state index in [0.717, 1.165) is 5.82 Å². The third kappa shape index (κ3) is 4.98. The van der Waals surface area contributed by atoms with Crippen molar-refractivity contribution in [3.05, 3.63) is 18.2 Å². The summed E-state index contributed by atoms with van der Waals surface area (Å²) >= 11 is 0. The minimum absolute atomic E-state index is 0.121. The molecule has 0 aliphatic rings. The van der Waals surface area contributed by atoms with Crippen molar-refractivity contribution < 1.29 is 9.47 Å². The molecule has 1 rings (SSSR count). The van der Waals surface area contributed by atoms with Crippen LogP contribution in [0.4, 0.5) is 5.82 Å². The average Bonchev–Trinajstić information content (AvgIpc) is 2.23. The molecule has 0 aliphatic carbocycles. The number of anilines is 1. The molecule has 0 aliphatic heterocycles. The molecule has 1 aromatic heterocycles. The number of hydrogen-bond acceptors (Lipinski definition) is 4. The molecule has 4 nitrogen and oxygen atoms in total. The van der Waals surface area contributed by atoms with E-state index in [0.29, 0.717) is 19.1 Å². The summed E-state index contributed by atoms with van der Waals surface area (Å²) in [4.78, 5) is 4.24. The van der Waals surface area contributed by atoms with Crippen LogP contribution in [0.1, 0.15) is 20.8 Å². The maximum absolute atomic E-state index is 5.54. The van der Waals surface area contributed by atoms with E-state index in [-0.39, 0.29) is 5.60 Å². The zero-order chi connectivity index (χ0) is 12.0. The maximum atomic E-state index is 5.54. The second-order valence-corrected chi connectivity index (χ2v) is 4.42.